The number of alkyl halides is 3. The fourth-order valence-corrected chi connectivity index (χ4v) is 4.47. The summed E-state index contributed by atoms with van der Waals surface area (Å²) in [6, 6.07) is 6.14. The van der Waals surface area contributed by atoms with Crippen LogP contribution >= 0.6 is 0 Å². The summed E-state index contributed by atoms with van der Waals surface area (Å²) in [5.41, 5.74) is -1.14. The van der Waals surface area contributed by atoms with E-state index < -0.39 is 39.3 Å². The van der Waals surface area contributed by atoms with Gasteiger partial charge in [0, 0.05) is 17.3 Å². The lowest BCUT2D eigenvalue weighted by atomic mass is 9.92. The minimum atomic E-state index is -4.59. The second-order valence-corrected chi connectivity index (χ2v) is 9.94. The van der Waals surface area contributed by atoms with E-state index in [0.29, 0.717) is 31.7 Å². The van der Waals surface area contributed by atoms with Gasteiger partial charge in [0.05, 0.1) is 17.9 Å². The predicted molar refractivity (Wildman–Crippen MR) is 120 cm³/mol. The van der Waals surface area contributed by atoms with Gasteiger partial charge in [-0.05, 0) is 62.1 Å². The Bertz CT molecular complexity index is 1210. The number of hydrogen-bond acceptors (Lipinski definition) is 4. The zero-order valence-corrected chi connectivity index (χ0v) is 19.3. The zero-order valence-electron chi connectivity index (χ0n) is 18.5. The van der Waals surface area contributed by atoms with Crippen molar-refractivity contribution < 1.29 is 35.2 Å². The molecule has 1 amide bonds. The highest BCUT2D eigenvalue weighted by molar-refractivity contribution is 7.88. The van der Waals surface area contributed by atoms with Crippen LogP contribution in [0.5, 0.6) is 0 Å². The molecule has 0 aliphatic heterocycles. The van der Waals surface area contributed by atoms with Crippen molar-refractivity contribution in [3.63, 3.8) is 0 Å². The Morgan fingerprint density at radius 2 is 1.69 bits per heavy atom. The van der Waals surface area contributed by atoms with Crippen molar-refractivity contribution in [2.24, 2.45) is 4.99 Å². The summed E-state index contributed by atoms with van der Waals surface area (Å²) >= 11 is 0. The highest BCUT2D eigenvalue weighted by atomic mass is 32.2. The van der Waals surface area contributed by atoms with Crippen molar-refractivity contribution in [1.29, 1.82) is 0 Å². The summed E-state index contributed by atoms with van der Waals surface area (Å²) in [6.45, 7) is 0. The lowest BCUT2D eigenvalue weighted by Gasteiger charge is -2.27. The quantitative estimate of drug-likeness (QED) is 0.316. The fraction of sp³-hybridized carbons (Fsp3) is 0.364. The van der Waals surface area contributed by atoms with E-state index in [1.807, 2.05) is 0 Å². The number of benzene rings is 2. The molecule has 0 heterocycles. The van der Waals surface area contributed by atoms with Crippen molar-refractivity contribution in [3.8, 4) is 0 Å². The smallest absolute Gasteiger partial charge is 0.326 e. The van der Waals surface area contributed by atoms with E-state index in [2.05, 4.69) is 20.3 Å². The first kappa shape index (κ1) is 26.5. The Labute approximate surface area is 198 Å². The van der Waals surface area contributed by atoms with Crippen molar-refractivity contribution in [3.05, 3.63) is 65.2 Å². The largest absolute Gasteiger partial charge is 0.416 e. The van der Waals surface area contributed by atoms with E-state index >= 15 is 0 Å². The SMILES string of the molecule is CS(=O)(=O)NC1CCC(N=C(NC(=O)c2ccc(F)c(F)c2)Nc2cccc(C(F)(F)F)c2)CC1. The van der Waals surface area contributed by atoms with Gasteiger partial charge in [0.25, 0.3) is 5.91 Å². The molecule has 3 N–H and O–H groups in total. The number of carbonyl (C=O) groups is 1. The van der Waals surface area contributed by atoms with Gasteiger partial charge in [-0.15, -0.1) is 0 Å². The Hall–Kier alpha value is -3.06. The van der Waals surface area contributed by atoms with Gasteiger partial charge in [0.2, 0.25) is 16.0 Å². The number of anilines is 1. The second-order valence-electron chi connectivity index (χ2n) is 8.16. The Morgan fingerprint density at radius 3 is 2.29 bits per heavy atom. The Kier molecular flexibility index (Phi) is 8.11. The van der Waals surface area contributed by atoms with Crippen LogP contribution in [0.1, 0.15) is 41.6 Å². The number of rotatable bonds is 5. The van der Waals surface area contributed by atoms with Crippen molar-refractivity contribution >= 4 is 27.6 Å². The monoisotopic (exact) mass is 518 g/mol. The first-order chi connectivity index (χ1) is 16.3. The molecule has 2 aromatic carbocycles. The van der Waals surface area contributed by atoms with Gasteiger partial charge in [-0.25, -0.2) is 26.9 Å². The van der Waals surface area contributed by atoms with E-state index in [-0.39, 0.29) is 29.3 Å². The summed E-state index contributed by atoms with van der Waals surface area (Å²) in [7, 11) is -3.38. The summed E-state index contributed by atoms with van der Waals surface area (Å²) in [5, 5.41) is 5.06. The summed E-state index contributed by atoms with van der Waals surface area (Å²) in [5.74, 6) is -3.41. The molecule has 3 rings (SSSR count). The molecule has 2 aromatic rings. The minimum absolute atomic E-state index is 0.00316. The Balaban J connectivity index is 1.81. The van der Waals surface area contributed by atoms with Crippen LogP contribution in [-0.4, -0.2) is 38.6 Å². The molecule has 0 spiro atoms. The number of halogens is 5. The Morgan fingerprint density at radius 1 is 1.00 bits per heavy atom. The van der Waals surface area contributed by atoms with Gasteiger partial charge >= 0.3 is 6.18 Å². The number of nitrogens with zero attached hydrogens (tertiary/aromatic N) is 1. The van der Waals surface area contributed by atoms with Gasteiger partial charge in [0.1, 0.15) is 0 Å². The average molecular weight is 519 g/mol. The predicted octanol–water partition coefficient (Wildman–Crippen LogP) is 4.04. The molecule has 0 atom stereocenters. The number of guanidine groups is 1. The molecule has 1 aliphatic carbocycles. The first-order valence-electron chi connectivity index (χ1n) is 10.6. The van der Waals surface area contributed by atoms with Gasteiger partial charge in [-0.3, -0.25) is 10.1 Å². The molecule has 0 radical (unpaired) electrons. The second kappa shape index (κ2) is 10.7. The maximum atomic E-state index is 13.6. The number of nitrogens with one attached hydrogen (secondary N) is 3. The lowest BCUT2D eigenvalue weighted by molar-refractivity contribution is -0.137. The number of sulfonamides is 1. The number of amides is 1. The molecule has 1 saturated carbocycles. The lowest BCUT2D eigenvalue weighted by Crippen LogP contribution is -2.40. The van der Waals surface area contributed by atoms with E-state index in [9.17, 15) is 35.2 Å². The van der Waals surface area contributed by atoms with Gasteiger partial charge in [0.15, 0.2) is 11.6 Å². The summed E-state index contributed by atoms with van der Waals surface area (Å²) in [4.78, 5) is 17.0. The molecule has 1 fully saturated rings. The number of hydrogen-bond donors (Lipinski definition) is 3. The molecule has 190 valence electrons. The average Bonchev–Trinajstić information content (AvgIpc) is 2.75. The normalized spacial score (nSPS) is 19.3. The molecule has 7 nitrogen and oxygen atoms in total. The molecule has 0 aromatic heterocycles. The van der Waals surface area contributed by atoms with Gasteiger partial charge in [-0.2, -0.15) is 13.2 Å². The molecular formula is C22H23F5N4O3S. The van der Waals surface area contributed by atoms with Crippen LogP contribution in [0, 0.1) is 11.6 Å². The maximum Gasteiger partial charge on any atom is 0.416 e. The number of carbonyl (C=O) groups excluding carboxylic acids is 1. The standard InChI is InChI=1S/C22H23F5N4O3S/c1-35(33,34)31-16-8-6-15(7-9-16)28-21(29-17-4-2-3-14(12-17)22(25,26)27)30-20(32)13-5-10-18(23)19(24)11-13/h2-5,10-12,15-16,31H,6-9H2,1H3,(H2,28,29,30,32). The highest BCUT2D eigenvalue weighted by Crippen LogP contribution is 2.30. The van der Waals surface area contributed by atoms with E-state index in [0.717, 1.165) is 30.5 Å². The third-order valence-electron chi connectivity index (χ3n) is 5.26. The molecule has 0 unspecified atom stereocenters. The van der Waals surface area contributed by atoms with Gasteiger partial charge < -0.3 is 5.32 Å². The molecule has 13 heteroatoms. The van der Waals surface area contributed by atoms with Crippen LogP contribution in [0.2, 0.25) is 0 Å². The third kappa shape index (κ3) is 7.99. The van der Waals surface area contributed by atoms with Crippen LogP contribution < -0.4 is 15.4 Å². The van der Waals surface area contributed by atoms with Crippen molar-refractivity contribution in [2.75, 3.05) is 11.6 Å². The van der Waals surface area contributed by atoms with Crippen LogP contribution in [0.3, 0.4) is 0 Å². The minimum Gasteiger partial charge on any atom is -0.326 e. The van der Waals surface area contributed by atoms with Crippen LogP contribution in [0.25, 0.3) is 0 Å². The maximum absolute atomic E-state index is 13.6. The summed E-state index contributed by atoms with van der Waals surface area (Å²) in [6.07, 6.45) is -1.70. The topological polar surface area (TPSA) is 99.7 Å². The van der Waals surface area contributed by atoms with E-state index in [1.165, 1.54) is 12.1 Å². The van der Waals surface area contributed by atoms with Crippen molar-refractivity contribution in [2.45, 2.75) is 43.9 Å². The van der Waals surface area contributed by atoms with Gasteiger partial charge in [-0.1, -0.05) is 6.07 Å². The highest BCUT2D eigenvalue weighted by Gasteiger charge is 2.30. The third-order valence-corrected chi connectivity index (χ3v) is 6.02. The van der Waals surface area contributed by atoms with Crippen LogP contribution in [0.4, 0.5) is 27.6 Å². The molecule has 0 saturated heterocycles. The first-order valence-corrected chi connectivity index (χ1v) is 12.4. The zero-order chi connectivity index (χ0) is 25.8. The summed E-state index contributed by atoms with van der Waals surface area (Å²) < 4.78 is 91.4. The van der Waals surface area contributed by atoms with Crippen molar-refractivity contribution in [1.82, 2.24) is 10.0 Å². The fourth-order valence-electron chi connectivity index (χ4n) is 3.63. The van der Waals surface area contributed by atoms with Crippen LogP contribution in [-0.2, 0) is 16.2 Å². The number of aliphatic imine (C=N–C) groups is 1. The van der Waals surface area contributed by atoms with E-state index in [4.69, 9.17) is 0 Å². The molecule has 0 bridgehead atoms. The van der Waals surface area contributed by atoms with E-state index in [1.54, 1.807) is 0 Å². The molecule has 35 heavy (non-hydrogen) atoms. The van der Waals surface area contributed by atoms with Crippen LogP contribution in [0.15, 0.2) is 47.5 Å². The molecule has 1 aliphatic rings. The molecular weight excluding hydrogens is 495 g/mol.